The minimum Gasteiger partial charge on any atom is -0.469 e. The Bertz CT molecular complexity index is 141. The number of unbranched alkanes of at least 4 members (excludes halogenated alkanes) is 2. The van der Waals surface area contributed by atoms with Crippen molar-refractivity contribution in [1.29, 1.82) is 0 Å². The average molecular weight is 170 g/mol. The third-order valence-corrected chi connectivity index (χ3v) is 1.91. The molecule has 0 amide bonds. The van der Waals surface area contributed by atoms with E-state index in [2.05, 4.69) is 18.2 Å². The van der Waals surface area contributed by atoms with Gasteiger partial charge in [0.2, 0.25) is 0 Å². The van der Waals surface area contributed by atoms with Gasteiger partial charge in [-0.1, -0.05) is 32.3 Å². The summed E-state index contributed by atoms with van der Waals surface area (Å²) in [4.78, 5) is 11.0. The van der Waals surface area contributed by atoms with E-state index in [-0.39, 0.29) is 11.9 Å². The molecular formula is C10H18O2. The van der Waals surface area contributed by atoms with Crippen molar-refractivity contribution < 1.29 is 9.53 Å². The van der Waals surface area contributed by atoms with Gasteiger partial charge in [-0.15, -0.1) is 6.58 Å². The standard InChI is InChI=1S/C10H18O2/c1-4-6-7-8-9(5-2)10(11)12-3/h5,9H,2,4,6-8H2,1,3H3. The van der Waals surface area contributed by atoms with E-state index in [9.17, 15) is 4.79 Å². The third kappa shape index (κ3) is 4.16. The van der Waals surface area contributed by atoms with Crippen molar-refractivity contribution in [3.05, 3.63) is 12.7 Å². The first kappa shape index (κ1) is 11.2. The summed E-state index contributed by atoms with van der Waals surface area (Å²) in [6.45, 7) is 5.75. The Labute approximate surface area is 74.6 Å². The number of hydrogen-bond acceptors (Lipinski definition) is 2. The fourth-order valence-corrected chi connectivity index (χ4v) is 1.10. The van der Waals surface area contributed by atoms with E-state index in [0.29, 0.717) is 0 Å². The first-order valence-corrected chi connectivity index (χ1v) is 4.46. The maximum atomic E-state index is 11.0. The lowest BCUT2D eigenvalue weighted by Gasteiger charge is -2.08. The van der Waals surface area contributed by atoms with Crippen LogP contribution in [0.25, 0.3) is 0 Å². The van der Waals surface area contributed by atoms with Crippen molar-refractivity contribution in [3.8, 4) is 0 Å². The molecule has 0 aliphatic rings. The molecule has 0 heterocycles. The van der Waals surface area contributed by atoms with Crippen molar-refractivity contribution in [3.63, 3.8) is 0 Å². The quantitative estimate of drug-likeness (QED) is 0.348. The average Bonchev–Trinajstić information content (AvgIpc) is 2.11. The second-order valence-electron chi connectivity index (χ2n) is 2.86. The summed E-state index contributed by atoms with van der Waals surface area (Å²) in [5.41, 5.74) is 0. The van der Waals surface area contributed by atoms with Crippen molar-refractivity contribution >= 4 is 5.97 Å². The number of carbonyl (C=O) groups excluding carboxylic acids is 1. The Hall–Kier alpha value is -0.790. The highest BCUT2D eigenvalue weighted by Gasteiger charge is 2.13. The SMILES string of the molecule is C=CC(CCCCC)C(=O)OC. The molecule has 0 spiro atoms. The number of ether oxygens (including phenoxy) is 1. The molecule has 2 heteroatoms. The number of rotatable bonds is 6. The Morgan fingerprint density at radius 3 is 2.67 bits per heavy atom. The van der Waals surface area contributed by atoms with Crippen LogP contribution >= 0.6 is 0 Å². The molecule has 2 nitrogen and oxygen atoms in total. The Morgan fingerprint density at radius 2 is 2.25 bits per heavy atom. The highest BCUT2D eigenvalue weighted by molar-refractivity contribution is 5.74. The second-order valence-corrected chi connectivity index (χ2v) is 2.86. The summed E-state index contributed by atoms with van der Waals surface area (Å²) in [5, 5.41) is 0. The van der Waals surface area contributed by atoms with Gasteiger partial charge < -0.3 is 4.74 Å². The fourth-order valence-electron chi connectivity index (χ4n) is 1.10. The lowest BCUT2D eigenvalue weighted by atomic mass is 10.0. The number of methoxy groups -OCH3 is 1. The van der Waals surface area contributed by atoms with Crippen LogP contribution in [0.4, 0.5) is 0 Å². The molecule has 0 aliphatic heterocycles. The van der Waals surface area contributed by atoms with Gasteiger partial charge >= 0.3 is 5.97 Å². The van der Waals surface area contributed by atoms with Gasteiger partial charge in [0.25, 0.3) is 0 Å². The van der Waals surface area contributed by atoms with E-state index >= 15 is 0 Å². The van der Waals surface area contributed by atoms with E-state index in [0.717, 1.165) is 12.8 Å². The van der Waals surface area contributed by atoms with Gasteiger partial charge in [0.1, 0.15) is 0 Å². The molecule has 12 heavy (non-hydrogen) atoms. The summed E-state index contributed by atoms with van der Waals surface area (Å²) in [7, 11) is 1.42. The molecule has 70 valence electrons. The molecule has 1 atom stereocenters. The molecular weight excluding hydrogens is 152 g/mol. The molecule has 0 bridgehead atoms. The van der Waals surface area contributed by atoms with Gasteiger partial charge in [0.15, 0.2) is 0 Å². The van der Waals surface area contributed by atoms with Crippen molar-refractivity contribution in [2.75, 3.05) is 7.11 Å². The molecule has 0 aromatic rings. The first-order chi connectivity index (χ1) is 5.76. The maximum absolute atomic E-state index is 11.0. The zero-order valence-electron chi connectivity index (χ0n) is 8.01. The van der Waals surface area contributed by atoms with Crippen LogP contribution in [0.2, 0.25) is 0 Å². The van der Waals surface area contributed by atoms with Crippen molar-refractivity contribution in [2.45, 2.75) is 32.6 Å². The van der Waals surface area contributed by atoms with Crippen LogP contribution in [0.15, 0.2) is 12.7 Å². The smallest absolute Gasteiger partial charge is 0.312 e. The molecule has 0 aromatic heterocycles. The third-order valence-electron chi connectivity index (χ3n) is 1.91. The largest absolute Gasteiger partial charge is 0.469 e. The second kappa shape index (κ2) is 6.89. The van der Waals surface area contributed by atoms with Crippen LogP contribution in [-0.4, -0.2) is 13.1 Å². The zero-order chi connectivity index (χ0) is 9.40. The van der Waals surface area contributed by atoms with E-state index < -0.39 is 0 Å². The molecule has 0 radical (unpaired) electrons. The minimum absolute atomic E-state index is 0.110. The summed E-state index contributed by atoms with van der Waals surface area (Å²) in [5.74, 6) is -0.275. The summed E-state index contributed by atoms with van der Waals surface area (Å²) < 4.78 is 4.62. The predicted molar refractivity (Wildman–Crippen MR) is 49.8 cm³/mol. The van der Waals surface area contributed by atoms with E-state index in [1.54, 1.807) is 6.08 Å². The van der Waals surface area contributed by atoms with Crippen LogP contribution in [-0.2, 0) is 9.53 Å². The lowest BCUT2D eigenvalue weighted by molar-refractivity contribution is -0.143. The molecule has 0 saturated heterocycles. The molecule has 0 rings (SSSR count). The molecule has 0 aliphatic carbocycles. The van der Waals surface area contributed by atoms with Crippen molar-refractivity contribution in [2.24, 2.45) is 5.92 Å². The number of esters is 1. The molecule has 0 saturated carbocycles. The maximum Gasteiger partial charge on any atom is 0.312 e. The molecule has 1 unspecified atom stereocenters. The molecule has 0 N–H and O–H groups in total. The summed E-state index contributed by atoms with van der Waals surface area (Å²) in [6.07, 6.45) is 5.94. The minimum atomic E-state index is -0.166. The van der Waals surface area contributed by atoms with Gasteiger partial charge in [-0.05, 0) is 6.42 Å². The van der Waals surface area contributed by atoms with Crippen LogP contribution < -0.4 is 0 Å². The number of carbonyl (C=O) groups is 1. The normalized spacial score (nSPS) is 12.2. The van der Waals surface area contributed by atoms with Crippen molar-refractivity contribution in [1.82, 2.24) is 0 Å². The highest BCUT2D eigenvalue weighted by atomic mass is 16.5. The van der Waals surface area contributed by atoms with Gasteiger partial charge in [-0.2, -0.15) is 0 Å². The van der Waals surface area contributed by atoms with E-state index in [1.165, 1.54) is 20.0 Å². The van der Waals surface area contributed by atoms with E-state index in [1.807, 2.05) is 0 Å². The van der Waals surface area contributed by atoms with Gasteiger partial charge in [-0.25, -0.2) is 0 Å². The fraction of sp³-hybridized carbons (Fsp3) is 0.700. The summed E-state index contributed by atoms with van der Waals surface area (Å²) >= 11 is 0. The van der Waals surface area contributed by atoms with Gasteiger partial charge in [0, 0.05) is 0 Å². The highest BCUT2D eigenvalue weighted by Crippen LogP contribution is 2.12. The predicted octanol–water partition coefficient (Wildman–Crippen LogP) is 2.54. The van der Waals surface area contributed by atoms with Crippen LogP contribution in [0.5, 0.6) is 0 Å². The number of hydrogen-bond donors (Lipinski definition) is 0. The summed E-state index contributed by atoms with van der Waals surface area (Å²) in [6, 6.07) is 0. The van der Waals surface area contributed by atoms with Crippen LogP contribution in [0.3, 0.4) is 0 Å². The van der Waals surface area contributed by atoms with Gasteiger partial charge in [-0.3, -0.25) is 4.79 Å². The Morgan fingerprint density at radius 1 is 1.58 bits per heavy atom. The van der Waals surface area contributed by atoms with E-state index in [4.69, 9.17) is 0 Å². The first-order valence-electron chi connectivity index (χ1n) is 4.46. The topological polar surface area (TPSA) is 26.3 Å². The Balaban J connectivity index is 3.67. The Kier molecular flexibility index (Phi) is 6.44. The van der Waals surface area contributed by atoms with Crippen LogP contribution in [0, 0.1) is 5.92 Å². The molecule has 0 aromatic carbocycles. The monoisotopic (exact) mass is 170 g/mol. The molecule has 0 fully saturated rings. The van der Waals surface area contributed by atoms with Gasteiger partial charge in [0.05, 0.1) is 13.0 Å². The lowest BCUT2D eigenvalue weighted by Crippen LogP contribution is -2.13. The zero-order valence-corrected chi connectivity index (χ0v) is 8.01. The van der Waals surface area contributed by atoms with Crippen LogP contribution in [0.1, 0.15) is 32.6 Å².